The quantitative estimate of drug-likeness (QED) is 0.242. The Balaban J connectivity index is 2.03. The Morgan fingerprint density at radius 3 is 1.53 bits per heavy atom. The van der Waals surface area contributed by atoms with E-state index in [1.807, 2.05) is 60.7 Å². The van der Waals surface area contributed by atoms with Gasteiger partial charge in [-0.25, -0.2) is 4.98 Å². The van der Waals surface area contributed by atoms with Gasteiger partial charge in [0.1, 0.15) is 5.57 Å². The van der Waals surface area contributed by atoms with Crippen LogP contribution in [0, 0.1) is 13.8 Å². The molecule has 34 heavy (non-hydrogen) atoms. The standard InChI is InChI=1S/C25H19F6N2P/c1-16-17(2)33(20-14-18(24(26,27)28)13-19(15-20)25(29,30)31)23(32-16)34(21-9-5-3-6-10-21)22-11-7-4-8-12-22/h3-15H,1-2H3. The summed E-state index contributed by atoms with van der Waals surface area (Å²) in [4.78, 5) is 4.65. The SMILES string of the molecule is Cc1nc(P(c2ccccc2)c2ccccc2)n(-c2cc(C(F)(F)F)cc(C(F)(F)F)c2)c1C. The highest BCUT2D eigenvalue weighted by Crippen LogP contribution is 2.39. The maximum atomic E-state index is 13.6. The van der Waals surface area contributed by atoms with E-state index in [0.717, 1.165) is 22.7 Å². The summed E-state index contributed by atoms with van der Waals surface area (Å²) in [6.07, 6.45) is -9.88. The van der Waals surface area contributed by atoms with Crippen molar-refractivity contribution in [3.05, 3.63) is 101 Å². The number of alkyl halides is 6. The summed E-state index contributed by atoms with van der Waals surface area (Å²) < 4.78 is 82.8. The molecule has 0 aliphatic carbocycles. The molecule has 4 rings (SSSR count). The van der Waals surface area contributed by atoms with Crippen LogP contribution in [0.5, 0.6) is 0 Å². The van der Waals surface area contributed by atoms with Gasteiger partial charge in [0.25, 0.3) is 0 Å². The summed E-state index contributed by atoms with van der Waals surface area (Å²) in [5.74, 6) is 0. The van der Waals surface area contributed by atoms with Crippen molar-refractivity contribution in [2.24, 2.45) is 0 Å². The molecule has 4 aromatic rings. The minimum absolute atomic E-state index is 0.138. The highest BCUT2D eigenvalue weighted by atomic mass is 31.1. The van der Waals surface area contributed by atoms with E-state index >= 15 is 0 Å². The number of aromatic nitrogens is 2. The number of nitrogens with zero attached hydrogens (tertiary/aromatic N) is 2. The van der Waals surface area contributed by atoms with E-state index in [-0.39, 0.29) is 11.8 Å². The molecule has 0 N–H and O–H groups in total. The lowest BCUT2D eigenvalue weighted by Gasteiger charge is -2.22. The van der Waals surface area contributed by atoms with Gasteiger partial charge in [-0.05, 0) is 42.7 Å². The largest absolute Gasteiger partial charge is 0.416 e. The van der Waals surface area contributed by atoms with Crippen LogP contribution in [0.2, 0.25) is 0 Å². The summed E-state index contributed by atoms with van der Waals surface area (Å²) in [6.45, 7) is 3.33. The van der Waals surface area contributed by atoms with Gasteiger partial charge in [-0.2, -0.15) is 26.3 Å². The molecular weight excluding hydrogens is 473 g/mol. The van der Waals surface area contributed by atoms with Crippen LogP contribution < -0.4 is 16.2 Å². The third-order valence-corrected chi connectivity index (χ3v) is 7.72. The number of hydrogen-bond acceptors (Lipinski definition) is 1. The van der Waals surface area contributed by atoms with E-state index in [9.17, 15) is 26.3 Å². The molecule has 0 spiro atoms. The van der Waals surface area contributed by atoms with Gasteiger partial charge in [0.05, 0.1) is 16.8 Å². The fraction of sp³-hybridized carbons (Fsp3) is 0.160. The second-order valence-corrected chi connectivity index (χ2v) is 9.79. The average Bonchev–Trinajstić information content (AvgIpc) is 3.08. The number of rotatable bonds is 4. The van der Waals surface area contributed by atoms with E-state index in [1.165, 1.54) is 4.57 Å². The van der Waals surface area contributed by atoms with Gasteiger partial charge in [0.15, 0.2) is 0 Å². The predicted molar refractivity (Wildman–Crippen MR) is 122 cm³/mol. The van der Waals surface area contributed by atoms with Gasteiger partial charge in [-0.15, -0.1) is 0 Å². The molecule has 1 aromatic heterocycles. The average molecular weight is 492 g/mol. The van der Waals surface area contributed by atoms with Crippen LogP contribution in [0.3, 0.4) is 0 Å². The molecule has 0 aliphatic rings. The monoisotopic (exact) mass is 492 g/mol. The minimum atomic E-state index is -4.94. The molecule has 0 saturated heterocycles. The maximum Gasteiger partial charge on any atom is 0.416 e. The van der Waals surface area contributed by atoms with E-state index in [4.69, 9.17) is 0 Å². The molecule has 0 amide bonds. The van der Waals surface area contributed by atoms with Crippen molar-refractivity contribution in [2.75, 3.05) is 0 Å². The van der Waals surface area contributed by atoms with E-state index < -0.39 is 31.4 Å². The molecule has 3 aromatic carbocycles. The van der Waals surface area contributed by atoms with Crippen molar-refractivity contribution in [3.8, 4) is 5.69 Å². The minimum Gasteiger partial charge on any atom is -0.297 e. The van der Waals surface area contributed by atoms with Crippen molar-refractivity contribution >= 4 is 24.1 Å². The Morgan fingerprint density at radius 1 is 0.676 bits per heavy atom. The van der Waals surface area contributed by atoms with Gasteiger partial charge >= 0.3 is 12.4 Å². The van der Waals surface area contributed by atoms with Crippen molar-refractivity contribution < 1.29 is 26.3 Å². The van der Waals surface area contributed by atoms with Crippen molar-refractivity contribution in [2.45, 2.75) is 26.2 Å². The summed E-state index contributed by atoms with van der Waals surface area (Å²) in [6, 6.07) is 20.2. The fourth-order valence-corrected chi connectivity index (χ4v) is 6.07. The van der Waals surface area contributed by atoms with Crippen LogP contribution >= 0.6 is 7.92 Å². The van der Waals surface area contributed by atoms with E-state index in [0.29, 0.717) is 17.0 Å². The summed E-state index contributed by atoms with van der Waals surface area (Å²) >= 11 is 0. The molecule has 0 atom stereocenters. The van der Waals surface area contributed by atoms with E-state index in [1.54, 1.807) is 13.8 Å². The zero-order chi connectivity index (χ0) is 24.7. The first-order chi connectivity index (χ1) is 16.0. The molecule has 0 aliphatic heterocycles. The van der Waals surface area contributed by atoms with Crippen molar-refractivity contribution in [3.63, 3.8) is 0 Å². The van der Waals surface area contributed by atoms with Crippen LogP contribution in [0.15, 0.2) is 78.9 Å². The fourth-order valence-electron chi connectivity index (χ4n) is 3.65. The van der Waals surface area contributed by atoms with Crippen LogP contribution in [-0.2, 0) is 12.4 Å². The second kappa shape index (κ2) is 8.91. The molecule has 0 saturated carbocycles. The molecular formula is C25H19F6N2P. The zero-order valence-corrected chi connectivity index (χ0v) is 19.0. The third-order valence-electron chi connectivity index (χ3n) is 5.39. The lowest BCUT2D eigenvalue weighted by Crippen LogP contribution is -2.28. The Morgan fingerprint density at radius 2 is 1.12 bits per heavy atom. The number of hydrogen-bond donors (Lipinski definition) is 0. The normalized spacial score (nSPS) is 12.4. The summed E-state index contributed by atoms with van der Waals surface area (Å²) in [7, 11) is -1.37. The highest BCUT2D eigenvalue weighted by Gasteiger charge is 2.38. The Kier molecular flexibility index (Phi) is 6.30. The predicted octanol–water partition coefficient (Wildman–Crippen LogP) is 6.28. The zero-order valence-electron chi connectivity index (χ0n) is 18.1. The molecule has 0 fully saturated rings. The first-order valence-corrected chi connectivity index (χ1v) is 11.6. The topological polar surface area (TPSA) is 17.8 Å². The van der Waals surface area contributed by atoms with Crippen LogP contribution in [0.25, 0.3) is 5.69 Å². The van der Waals surface area contributed by atoms with Gasteiger partial charge in [-0.1, -0.05) is 60.7 Å². The van der Waals surface area contributed by atoms with Crippen molar-refractivity contribution in [1.82, 2.24) is 9.55 Å². The molecule has 9 heteroatoms. The van der Waals surface area contributed by atoms with E-state index in [2.05, 4.69) is 4.98 Å². The molecule has 1 heterocycles. The van der Waals surface area contributed by atoms with Crippen LogP contribution in [-0.4, -0.2) is 9.55 Å². The third kappa shape index (κ3) is 4.73. The lowest BCUT2D eigenvalue weighted by atomic mass is 10.1. The molecule has 0 unspecified atom stereocenters. The molecule has 0 bridgehead atoms. The lowest BCUT2D eigenvalue weighted by molar-refractivity contribution is -0.143. The van der Waals surface area contributed by atoms with Crippen LogP contribution in [0.4, 0.5) is 26.3 Å². The maximum absolute atomic E-state index is 13.6. The van der Waals surface area contributed by atoms with Gasteiger partial charge in [0.2, 0.25) is 0 Å². The van der Waals surface area contributed by atoms with Gasteiger partial charge < -0.3 is 0 Å². The van der Waals surface area contributed by atoms with Gasteiger partial charge in [0, 0.05) is 19.3 Å². The molecule has 0 radical (unpaired) electrons. The first-order valence-electron chi connectivity index (χ1n) is 10.2. The number of benzene rings is 3. The smallest absolute Gasteiger partial charge is 0.297 e. The van der Waals surface area contributed by atoms with Gasteiger partial charge in [-0.3, -0.25) is 4.57 Å². The van der Waals surface area contributed by atoms with Crippen LogP contribution in [0.1, 0.15) is 22.5 Å². The Hall–Kier alpha value is -3.12. The second-order valence-electron chi connectivity index (χ2n) is 7.69. The molecule has 176 valence electrons. The Bertz CT molecular complexity index is 1220. The number of imidazole rings is 1. The first kappa shape index (κ1) is 24.0. The highest BCUT2D eigenvalue weighted by molar-refractivity contribution is 7.79. The Labute approximate surface area is 193 Å². The molecule has 2 nitrogen and oxygen atoms in total. The number of halogens is 6. The van der Waals surface area contributed by atoms with Crippen molar-refractivity contribution in [1.29, 1.82) is 0 Å². The summed E-state index contributed by atoms with van der Waals surface area (Å²) in [5, 5.41) is 1.75. The number of aryl methyl sites for hydroxylation is 1. The summed E-state index contributed by atoms with van der Waals surface area (Å²) in [5.41, 5.74) is -1.55.